The van der Waals surface area contributed by atoms with Gasteiger partial charge in [0, 0.05) is 17.4 Å². The summed E-state index contributed by atoms with van der Waals surface area (Å²) in [7, 11) is 0. The largest absolute Gasteiger partial charge is 0.484 e. The van der Waals surface area contributed by atoms with Crippen LogP contribution in [0.5, 0.6) is 5.75 Å². The maximum absolute atomic E-state index is 13.8. The maximum Gasteiger partial charge on any atom is 0.165 e. The second-order valence-corrected chi connectivity index (χ2v) is 5.01. The first kappa shape index (κ1) is 15.0. The van der Waals surface area contributed by atoms with E-state index >= 15 is 0 Å². The van der Waals surface area contributed by atoms with Crippen LogP contribution in [0.15, 0.2) is 24.3 Å². The van der Waals surface area contributed by atoms with E-state index in [9.17, 15) is 4.39 Å². The smallest absolute Gasteiger partial charge is 0.165 e. The Kier molecular flexibility index (Phi) is 5.17. The topological polar surface area (TPSA) is 27.1 Å². The predicted octanol–water partition coefficient (Wildman–Crippen LogP) is 4.08. The van der Waals surface area contributed by atoms with Crippen molar-refractivity contribution in [1.82, 2.24) is 9.78 Å². The molecule has 20 heavy (non-hydrogen) atoms. The van der Waals surface area contributed by atoms with Gasteiger partial charge in [0.15, 0.2) is 11.6 Å². The lowest BCUT2D eigenvalue weighted by molar-refractivity contribution is 0.276. The molecule has 0 aliphatic carbocycles. The van der Waals surface area contributed by atoms with Gasteiger partial charge in [-0.05, 0) is 25.5 Å². The number of ether oxygens (including phenoxy) is 1. The van der Waals surface area contributed by atoms with Crippen LogP contribution in [-0.2, 0) is 24.9 Å². The van der Waals surface area contributed by atoms with Crippen molar-refractivity contribution in [3.05, 3.63) is 47.0 Å². The van der Waals surface area contributed by atoms with Gasteiger partial charge < -0.3 is 4.74 Å². The molecule has 0 fully saturated rings. The molecule has 2 aromatic rings. The summed E-state index contributed by atoms with van der Waals surface area (Å²) in [6, 6.07) is 6.96. The number of benzene rings is 1. The van der Waals surface area contributed by atoms with Crippen molar-refractivity contribution in [1.29, 1.82) is 0 Å². The number of halogens is 2. The van der Waals surface area contributed by atoms with Crippen LogP contribution in [0, 0.1) is 5.82 Å². The van der Waals surface area contributed by atoms with Crippen molar-refractivity contribution in [2.75, 3.05) is 0 Å². The lowest BCUT2D eigenvalue weighted by atomic mass is 10.2. The van der Waals surface area contributed by atoms with E-state index in [1.54, 1.807) is 6.07 Å². The first-order valence-corrected chi connectivity index (χ1v) is 7.83. The van der Waals surface area contributed by atoms with Gasteiger partial charge >= 0.3 is 0 Å². The highest BCUT2D eigenvalue weighted by molar-refractivity contribution is 9.08. The number of aryl methyl sites for hydroxylation is 2. The van der Waals surface area contributed by atoms with Gasteiger partial charge in [-0.3, -0.25) is 4.68 Å². The van der Waals surface area contributed by atoms with Crippen LogP contribution >= 0.6 is 15.9 Å². The minimum atomic E-state index is -0.333. The number of aromatic nitrogens is 2. The summed E-state index contributed by atoms with van der Waals surface area (Å²) >= 11 is 3.35. The summed E-state index contributed by atoms with van der Waals surface area (Å²) in [6.07, 6.45) is 0.881. The molecule has 3 nitrogen and oxygen atoms in total. The molecule has 0 aliphatic heterocycles. The van der Waals surface area contributed by atoms with Crippen molar-refractivity contribution in [3.8, 4) is 5.75 Å². The molecule has 5 heteroatoms. The average molecular weight is 341 g/mol. The molecule has 1 aromatic carbocycles. The molecule has 0 amide bonds. The zero-order chi connectivity index (χ0) is 14.5. The van der Waals surface area contributed by atoms with E-state index in [-0.39, 0.29) is 5.82 Å². The summed E-state index contributed by atoms with van der Waals surface area (Å²) in [4.78, 5) is 0. The normalized spacial score (nSPS) is 10.8. The lowest BCUT2D eigenvalue weighted by Gasteiger charge is -2.11. The summed E-state index contributed by atoms with van der Waals surface area (Å²) < 4.78 is 21.4. The minimum absolute atomic E-state index is 0.311. The summed E-state index contributed by atoms with van der Waals surface area (Å²) in [6.45, 7) is 5.19. The summed E-state index contributed by atoms with van der Waals surface area (Å²) in [5.74, 6) is -0.0218. The Morgan fingerprint density at radius 3 is 2.80 bits per heavy atom. The first-order chi connectivity index (χ1) is 9.69. The van der Waals surface area contributed by atoms with Gasteiger partial charge in [-0.2, -0.15) is 5.10 Å². The number of nitrogens with zero attached hydrogens (tertiary/aromatic N) is 2. The first-order valence-electron chi connectivity index (χ1n) is 6.71. The Balaban J connectivity index is 2.18. The van der Waals surface area contributed by atoms with Crippen molar-refractivity contribution >= 4 is 15.9 Å². The van der Waals surface area contributed by atoms with Gasteiger partial charge in [0.05, 0.1) is 11.4 Å². The molecule has 1 heterocycles. The highest BCUT2D eigenvalue weighted by Crippen LogP contribution is 2.25. The molecular formula is C15H18BrFN2O. The number of para-hydroxylation sites is 1. The van der Waals surface area contributed by atoms with Crippen LogP contribution in [0.25, 0.3) is 0 Å². The standard InChI is InChI=1S/C15H18BrFN2O/c1-3-12-8-13(19(4-2)18-12)10-20-15-11(9-16)6-5-7-14(15)17/h5-8H,3-4,9-10H2,1-2H3. The second-order valence-electron chi connectivity index (χ2n) is 4.45. The summed E-state index contributed by atoms with van der Waals surface area (Å²) in [5, 5.41) is 5.02. The average Bonchev–Trinajstić information content (AvgIpc) is 2.88. The van der Waals surface area contributed by atoms with E-state index in [0.717, 1.165) is 29.9 Å². The fourth-order valence-corrected chi connectivity index (χ4v) is 2.49. The van der Waals surface area contributed by atoms with Crippen LogP contribution in [-0.4, -0.2) is 9.78 Å². The van der Waals surface area contributed by atoms with Gasteiger partial charge in [-0.15, -0.1) is 0 Å². The van der Waals surface area contributed by atoms with Gasteiger partial charge in [0.2, 0.25) is 0 Å². The van der Waals surface area contributed by atoms with Gasteiger partial charge in [0.25, 0.3) is 0 Å². The minimum Gasteiger partial charge on any atom is -0.484 e. The number of hydrogen-bond donors (Lipinski definition) is 0. The van der Waals surface area contributed by atoms with E-state index in [1.807, 2.05) is 23.7 Å². The van der Waals surface area contributed by atoms with Crippen molar-refractivity contribution in [2.45, 2.75) is 38.8 Å². The molecule has 108 valence electrons. The molecule has 0 N–H and O–H groups in total. The molecule has 0 saturated carbocycles. The zero-order valence-corrected chi connectivity index (χ0v) is 13.3. The molecule has 0 unspecified atom stereocenters. The SMILES string of the molecule is CCc1cc(COc2c(F)cccc2CBr)n(CC)n1. The van der Waals surface area contributed by atoms with E-state index in [4.69, 9.17) is 4.74 Å². The highest BCUT2D eigenvalue weighted by atomic mass is 79.9. The van der Waals surface area contributed by atoms with Crippen molar-refractivity contribution in [2.24, 2.45) is 0 Å². The Bertz CT molecular complexity index is 583. The van der Waals surface area contributed by atoms with Crippen LogP contribution in [0.2, 0.25) is 0 Å². The monoisotopic (exact) mass is 340 g/mol. The zero-order valence-electron chi connectivity index (χ0n) is 11.7. The third-order valence-corrected chi connectivity index (χ3v) is 3.74. The third kappa shape index (κ3) is 3.20. The second kappa shape index (κ2) is 6.88. The fourth-order valence-electron chi connectivity index (χ4n) is 2.04. The maximum atomic E-state index is 13.8. The third-order valence-electron chi connectivity index (χ3n) is 3.13. The van der Waals surface area contributed by atoms with Gasteiger partial charge in [0.1, 0.15) is 6.61 Å². The highest BCUT2D eigenvalue weighted by Gasteiger charge is 2.11. The fraction of sp³-hybridized carbons (Fsp3) is 0.400. The van der Waals surface area contributed by atoms with Crippen LogP contribution in [0.4, 0.5) is 4.39 Å². The number of alkyl halides is 1. The number of rotatable bonds is 6. The quantitative estimate of drug-likeness (QED) is 0.741. The Labute approximate surface area is 126 Å². The molecular weight excluding hydrogens is 323 g/mol. The Morgan fingerprint density at radius 2 is 2.15 bits per heavy atom. The predicted molar refractivity (Wildman–Crippen MR) is 80.6 cm³/mol. The molecule has 0 radical (unpaired) electrons. The van der Waals surface area contributed by atoms with E-state index in [1.165, 1.54) is 6.07 Å². The van der Waals surface area contributed by atoms with Gasteiger partial charge in [-0.25, -0.2) is 4.39 Å². The molecule has 2 rings (SSSR count). The van der Waals surface area contributed by atoms with Crippen LogP contribution in [0.3, 0.4) is 0 Å². The Morgan fingerprint density at radius 1 is 1.35 bits per heavy atom. The van der Waals surface area contributed by atoms with E-state index in [2.05, 4.69) is 28.0 Å². The van der Waals surface area contributed by atoms with Crippen LogP contribution in [0.1, 0.15) is 30.8 Å². The van der Waals surface area contributed by atoms with Crippen molar-refractivity contribution < 1.29 is 9.13 Å². The summed E-state index contributed by atoms with van der Waals surface area (Å²) in [5.41, 5.74) is 2.80. The molecule has 0 spiro atoms. The molecule has 0 saturated heterocycles. The van der Waals surface area contributed by atoms with Gasteiger partial charge in [-0.1, -0.05) is 35.0 Å². The molecule has 0 bridgehead atoms. The van der Waals surface area contributed by atoms with E-state index < -0.39 is 0 Å². The number of hydrogen-bond acceptors (Lipinski definition) is 2. The van der Waals surface area contributed by atoms with Crippen molar-refractivity contribution in [3.63, 3.8) is 0 Å². The van der Waals surface area contributed by atoms with Crippen LogP contribution < -0.4 is 4.74 Å². The molecule has 1 aromatic heterocycles. The molecule has 0 atom stereocenters. The lowest BCUT2D eigenvalue weighted by Crippen LogP contribution is -2.07. The molecule has 0 aliphatic rings. The Hall–Kier alpha value is -1.36. The van der Waals surface area contributed by atoms with E-state index in [0.29, 0.717) is 17.7 Å².